The Kier molecular flexibility index (Phi) is 5.83. The van der Waals surface area contributed by atoms with Gasteiger partial charge in [-0.2, -0.15) is 0 Å². The predicted molar refractivity (Wildman–Crippen MR) is 77.5 cm³/mol. The van der Waals surface area contributed by atoms with Crippen LogP contribution in [0.2, 0.25) is 0 Å². The number of esters is 1. The van der Waals surface area contributed by atoms with Crippen molar-refractivity contribution in [1.82, 2.24) is 5.32 Å². The van der Waals surface area contributed by atoms with Crippen LogP contribution in [0.3, 0.4) is 0 Å². The maximum Gasteiger partial charge on any atom is 0.341 e. The maximum atomic E-state index is 12.1. The summed E-state index contributed by atoms with van der Waals surface area (Å²) in [6.45, 7) is 3.71. The minimum absolute atomic E-state index is 0.0855. The molecule has 0 heterocycles. The van der Waals surface area contributed by atoms with Crippen LogP contribution >= 0.6 is 0 Å². The van der Waals surface area contributed by atoms with Crippen molar-refractivity contribution in [3.05, 3.63) is 17.7 Å². The fourth-order valence-corrected chi connectivity index (χ4v) is 1.65. The molecule has 116 valence electrons. The normalized spacial score (nSPS) is 11.4. The highest BCUT2D eigenvalue weighted by atomic mass is 16.5. The van der Waals surface area contributed by atoms with Crippen LogP contribution in [0.15, 0.2) is 12.1 Å². The van der Waals surface area contributed by atoms with Crippen LogP contribution in [0.4, 0.5) is 5.69 Å². The van der Waals surface area contributed by atoms with Gasteiger partial charge in [0.2, 0.25) is 0 Å². The molecule has 0 saturated heterocycles. The van der Waals surface area contributed by atoms with Gasteiger partial charge in [0, 0.05) is 12.6 Å². The molecule has 0 bridgehead atoms. The summed E-state index contributed by atoms with van der Waals surface area (Å²) < 4.78 is 15.2. The van der Waals surface area contributed by atoms with Gasteiger partial charge in [0.25, 0.3) is 5.91 Å². The minimum atomic E-state index is -0.922. The Balaban J connectivity index is 2.99. The fourth-order valence-electron chi connectivity index (χ4n) is 1.65. The average Bonchev–Trinajstić information content (AvgIpc) is 2.47. The number of ether oxygens (including phenoxy) is 3. The molecule has 0 radical (unpaired) electrons. The standard InChI is InChI=1S/C14H20N2O5/c1-5-16-13(17)8(2)21-14(18)10-6-9(19-3)7-11(20-4)12(10)15/h6-8H,5,15H2,1-4H3,(H,16,17). The van der Waals surface area contributed by atoms with E-state index in [0.29, 0.717) is 18.0 Å². The first kappa shape index (κ1) is 16.6. The molecule has 1 amide bonds. The van der Waals surface area contributed by atoms with E-state index in [2.05, 4.69) is 5.32 Å². The Morgan fingerprint density at radius 2 is 1.95 bits per heavy atom. The zero-order valence-corrected chi connectivity index (χ0v) is 12.6. The van der Waals surface area contributed by atoms with Gasteiger partial charge in [-0.1, -0.05) is 0 Å². The van der Waals surface area contributed by atoms with Gasteiger partial charge >= 0.3 is 5.97 Å². The quantitative estimate of drug-likeness (QED) is 0.599. The Morgan fingerprint density at radius 3 is 2.48 bits per heavy atom. The summed E-state index contributed by atoms with van der Waals surface area (Å²) in [5.41, 5.74) is 6.06. The Bertz CT molecular complexity index is 530. The van der Waals surface area contributed by atoms with Crippen molar-refractivity contribution in [1.29, 1.82) is 0 Å². The lowest BCUT2D eigenvalue weighted by atomic mass is 10.1. The van der Waals surface area contributed by atoms with E-state index < -0.39 is 12.1 Å². The Labute approximate surface area is 123 Å². The van der Waals surface area contributed by atoms with Gasteiger partial charge in [0.05, 0.1) is 25.5 Å². The molecule has 21 heavy (non-hydrogen) atoms. The third-order valence-corrected chi connectivity index (χ3v) is 2.80. The summed E-state index contributed by atoms with van der Waals surface area (Å²) in [5.74, 6) is -0.395. The van der Waals surface area contributed by atoms with Crippen LogP contribution in [0.5, 0.6) is 11.5 Å². The number of nitrogens with one attached hydrogen (secondary N) is 1. The number of anilines is 1. The number of amides is 1. The van der Waals surface area contributed by atoms with Gasteiger partial charge in [-0.25, -0.2) is 4.79 Å². The number of carbonyl (C=O) groups excluding carboxylic acids is 2. The average molecular weight is 296 g/mol. The highest BCUT2D eigenvalue weighted by Crippen LogP contribution is 2.31. The van der Waals surface area contributed by atoms with Gasteiger partial charge in [0.15, 0.2) is 6.10 Å². The molecule has 1 unspecified atom stereocenters. The lowest BCUT2D eigenvalue weighted by molar-refractivity contribution is -0.128. The van der Waals surface area contributed by atoms with E-state index in [-0.39, 0.29) is 17.2 Å². The van der Waals surface area contributed by atoms with Crippen molar-refractivity contribution in [2.75, 3.05) is 26.5 Å². The predicted octanol–water partition coefficient (Wildman–Crippen LogP) is 0.967. The number of methoxy groups -OCH3 is 2. The van der Waals surface area contributed by atoms with E-state index >= 15 is 0 Å². The molecular weight excluding hydrogens is 276 g/mol. The number of nitrogens with two attached hydrogens (primary N) is 1. The SMILES string of the molecule is CCNC(=O)C(C)OC(=O)c1cc(OC)cc(OC)c1N. The molecule has 0 aromatic heterocycles. The number of hydrogen-bond donors (Lipinski definition) is 2. The first-order valence-electron chi connectivity index (χ1n) is 6.44. The topological polar surface area (TPSA) is 99.9 Å². The molecule has 1 rings (SSSR count). The maximum absolute atomic E-state index is 12.1. The molecule has 0 aliphatic rings. The molecule has 7 heteroatoms. The summed E-state index contributed by atoms with van der Waals surface area (Å²) in [6.07, 6.45) is -0.922. The van der Waals surface area contributed by atoms with Gasteiger partial charge in [0.1, 0.15) is 11.5 Å². The minimum Gasteiger partial charge on any atom is -0.497 e. The molecule has 0 saturated carbocycles. The summed E-state index contributed by atoms with van der Waals surface area (Å²) in [7, 11) is 2.88. The smallest absolute Gasteiger partial charge is 0.341 e. The summed E-state index contributed by atoms with van der Waals surface area (Å²) in [5, 5.41) is 2.57. The van der Waals surface area contributed by atoms with Crippen LogP contribution < -0.4 is 20.5 Å². The molecule has 1 atom stereocenters. The van der Waals surface area contributed by atoms with Gasteiger partial charge in [-0.15, -0.1) is 0 Å². The molecule has 1 aromatic carbocycles. The Hall–Kier alpha value is -2.44. The number of carbonyl (C=O) groups is 2. The van der Waals surface area contributed by atoms with Crippen molar-refractivity contribution in [2.45, 2.75) is 20.0 Å². The summed E-state index contributed by atoms with van der Waals surface area (Å²) >= 11 is 0. The van der Waals surface area contributed by atoms with Crippen molar-refractivity contribution in [3.63, 3.8) is 0 Å². The van der Waals surface area contributed by atoms with Crippen molar-refractivity contribution >= 4 is 17.6 Å². The monoisotopic (exact) mass is 296 g/mol. The number of likely N-dealkylation sites (N-methyl/N-ethyl adjacent to an activating group) is 1. The lowest BCUT2D eigenvalue weighted by Crippen LogP contribution is -2.35. The number of rotatable bonds is 6. The first-order valence-corrected chi connectivity index (χ1v) is 6.44. The van der Waals surface area contributed by atoms with Gasteiger partial charge in [-0.05, 0) is 19.9 Å². The second-order valence-corrected chi connectivity index (χ2v) is 4.23. The summed E-state index contributed by atoms with van der Waals surface area (Å²) in [6, 6.07) is 2.99. The van der Waals surface area contributed by atoms with Crippen molar-refractivity contribution in [3.8, 4) is 11.5 Å². The van der Waals surface area contributed by atoms with Crippen molar-refractivity contribution in [2.24, 2.45) is 0 Å². The highest BCUT2D eigenvalue weighted by Gasteiger charge is 2.22. The largest absolute Gasteiger partial charge is 0.497 e. The molecule has 0 spiro atoms. The third-order valence-electron chi connectivity index (χ3n) is 2.80. The van der Waals surface area contributed by atoms with E-state index in [9.17, 15) is 9.59 Å². The second-order valence-electron chi connectivity index (χ2n) is 4.23. The van der Waals surface area contributed by atoms with E-state index in [4.69, 9.17) is 19.9 Å². The molecular formula is C14H20N2O5. The first-order chi connectivity index (χ1) is 9.94. The van der Waals surface area contributed by atoms with Crippen LogP contribution in [0.1, 0.15) is 24.2 Å². The molecule has 0 aliphatic heterocycles. The fraction of sp³-hybridized carbons (Fsp3) is 0.429. The van der Waals surface area contributed by atoms with Crippen molar-refractivity contribution < 1.29 is 23.8 Å². The second kappa shape index (κ2) is 7.37. The molecule has 1 aromatic rings. The van der Waals surface area contributed by atoms with Crippen LogP contribution in [-0.2, 0) is 9.53 Å². The molecule has 0 fully saturated rings. The zero-order valence-electron chi connectivity index (χ0n) is 12.6. The van der Waals surface area contributed by atoms with Gasteiger partial charge in [-0.3, -0.25) is 4.79 Å². The van der Waals surface area contributed by atoms with E-state index in [1.807, 2.05) is 0 Å². The lowest BCUT2D eigenvalue weighted by Gasteiger charge is -2.15. The molecule has 7 nitrogen and oxygen atoms in total. The number of hydrogen-bond acceptors (Lipinski definition) is 6. The van der Waals surface area contributed by atoms with Crippen LogP contribution in [0.25, 0.3) is 0 Å². The van der Waals surface area contributed by atoms with E-state index in [0.717, 1.165) is 0 Å². The molecule has 0 aliphatic carbocycles. The van der Waals surface area contributed by atoms with E-state index in [1.54, 1.807) is 13.0 Å². The molecule has 3 N–H and O–H groups in total. The number of nitrogen functional groups attached to an aromatic ring is 1. The van der Waals surface area contributed by atoms with Crippen LogP contribution in [-0.4, -0.2) is 38.7 Å². The Morgan fingerprint density at radius 1 is 1.29 bits per heavy atom. The zero-order chi connectivity index (χ0) is 16.0. The number of benzene rings is 1. The van der Waals surface area contributed by atoms with Crippen LogP contribution in [0, 0.1) is 0 Å². The third kappa shape index (κ3) is 4.01. The van der Waals surface area contributed by atoms with Gasteiger partial charge < -0.3 is 25.3 Å². The highest BCUT2D eigenvalue weighted by molar-refractivity contribution is 5.98. The van der Waals surface area contributed by atoms with E-state index in [1.165, 1.54) is 27.2 Å². The summed E-state index contributed by atoms with van der Waals surface area (Å²) in [4.78, 5) is 23.7.